The Kier molecular flexibility index (Phi) is 4.91. The van der Waals surface area contributed by atoms with Crippen molar-refractivity contribution in [3.8, 4) is 0 Å². The Morgan fingerprint density at radius 1 is 1.33 bits per heavy atom. The molecule has 1 aromatic heterocycles. The first-order valence-electron chi connectivity index (χ1n) is 5.50. The van der Waals surface area contributed by atoms with Crippen LogP contribution in [0.3, 0.4) is 0 Å². The number of carboxylic acid groups (broad SMARTS) is 1. The lowest BCUT2D eigenvalue weighted by Gasteiger charge is -2.11. The first-order chi connectivity index (χ1) is 9.97. The van der Waals surface area contributed by atoms with E-state index in [4.69, 9.17) is 5.11 Å². The van der Waals surface area contributed by atoms with Crippen molar-refractivity contribution < 1.29 is 19.2 Å². The molecule has 110 valence electrons. The lowest BCUT2D eigenvalue weighted by Crippen LogP contribution is -2.29. The van der Waals surface area contributed by atoms with Gasteiger partial charge in [0.1, 0.15) is 0 Å². The molecule has 0 bridgehead atoms. The summed E-state index contributed by atoms with van der Waals surface area (Å²) >= 11 is 6.40. The molecule has 0 aliphatic rings. The monoisotopic (exact) mass is 418 g/mol. The van der Waals surface area contributed by atoms with Gasteiger partial charge in [-0.1, -0.05) is 21.1 Å². The van der Waals surface area contributed by atoms with Gasteiger partial charge in [-0.15, -0.1) is 0 Å². The predicted octanol–water partition coefficient (Wildman–Crippen LogP) is 2.61. The maximum Gasteiger partial charge on any atom is 0.337 e. The number of carbonyl (C=O) groups excluding carboxylic acids is 1. The number of benzene rings is 1. The normalized spacial score (nSPS) is 10.2. The fraction of sp³-hybridized carbons (Fsp3) is 0.0909. The highest BCUT2D eigenvalue weighted by Crippen LogP contribution is 2.30. The third kappa shape index (κ3) is 4.02. The third-order valence-electron chi connectivity index (χ3n) is 2.34. The van der Waals surface area contributed by atoms with Crippen LogP contribution in [-0.2, 0) is 6.54 Å². The molecule has 0 fully saturated rings. The van der Waals surface area contributed by atoms with Gasteiger partial charge < -0.3 is 20.3 Å². The molecule has 0 atom stereocenters. The summed E-state index contributed by atoms with van der Waals surface area (Å²) in [6, 6.07) is 2.42. The number of nitrogens with zero attached hydrogens (tertiary/aromatic N) is 2. The molecule has 2 rings (SSSR count). The highest BCUT2D eigenvalue weighted by atomic mass is 79.9. The zero-order valence-electron chi connectivity index (χ0n) is 10.3. The summed E-state index contributed by atoms with van der Waals surface area (Å²) in [5, 5.41) is 17.6. The van der Waals surface area contributed by atoms with Gasteiger partial charge in [0.25, 0.3) is 0 Å². The van der Waals surface area contributed by atoms with Crippen molar-refractivity contribution in [2.24, 2.45) is 0 Å². The number of anilines is 1. The second kappa shape index (κ2) is 6.68. The van der Waals surface area contributed by atoms with Gasteiger partial charge >= 0.3 is 12.0 Å². The van der Waals surface area contributed by atoms with E-state index in [2.05, 4.69) is 57.2 Å². The molecule has 0 aliphatic carbocycles. The predicted molar refractivity (Wildman–Crippen MR) is 79.0 cm³/mol. The van der Waals surface area contributed by atoms with Crippen molar-refractivity contribution >= 4 is 49.5 Å². The Morgan fingerprint density at radius 2 is 2.10 bits per heavy atom. The largest absolute Gasteiger partial charge is 0.478 e. The van der Waals surface area contributed by atoms with E-state index < -0.39 is 12.0 Å². The average molecular weight is 420 g/mol. The van der Waals surface area contributed by atoms with Gasteiger partial charge in [-0.3, -0.25) is 0 Å². The highest BCUT2D eigenvalue weighted by molar-refractivity contribution is 9.11. The first kappa shape index (κ1) is 15.4. The maximum atomic E-state index is 11.8. The van der Waals surface area contributed by atoms with Crippen molar-refractivity contribution in [2.45, 2.75) is 6.54 Å². The number of amides is 2. The summed E-state index contributed by atoms with van der Waals surface area (Å²) in [4.78, 5) is 26.7. The number of nitrogens with one attached hydrogen (secondary N) is 2. The summed E-state index contributed by atoms with van der Waals surface area (Å²) in [5.74, 6) is -0.857. The molecule has 21 heavy (non-hydrogen) atoms. The van der Waals surface area contributed by atoms with Crippen LogP contribution in [0.15, 0.2) is 32.0 Å². The second-order valence-electron chi connectivity index (χ2n) is 3.77. The van der Waals surface area contributed by atoms with E-state index >= 15 is 0 Å². The number of carboxylic acids is 1. The van der Waals surface area contributed by atoms with Crippen LogP contribution in [-0.4, -0.2) is 27.2 Å². The number of urea groups is 1. The van der Waals surface area contributed by atoms with Crippen LogP contribution < -0.4 is 10.6 Å². The molecule has 10 heteroatoms. The van der Waals surface area contributed by atoms with Crippen molar-refractivity contribution in [1.29, 1.82) is 0 Å². The Bertz CT molecular complexity index is 675. The summed E-state index contributed by atoms with van der Waals surface area (Å²) in [5.41, 5.74) is 0.0993. The van der Waals surface area contributed by atoms with Crippen LogP contribution in [0.1, 0.15) is 16.2 Å². The quantitative estimate of drug-likeness (QED) is 0.701. The van der Waals surface area contributed by atoms with Gasteiger partial charge in [0, 0.05) is 8.95 Å². The topological polar surface area (TPSA) is 117 Å². The van der Waals surface area contributed by atoms with Crippen LogP contribution in [0.25, 0.3) is 0 Å². The third-order valence-corrected chi connectivity index (χ3v) is 3.42. The number of aromatic carboxylic acids is 1. The molecule has 2 aromatic rings. The number of halogens is 2. The molecule has 0 saturated carbocycles. The molecule has 0 saturated heterocycles. The maximum absolute atomic E-state index is 11.8. The molecule has 0 spiro atoms. The van der Waals surface area contributed by atoms with Crippen LogP contribution in [0, 0.1) is 0 Å². The van der Waals surface area contributed by atoms with E-state index in [1.54, 1.807) is 6.07 Å². The molecule has 1 heterocycles. The van der Waals surface area contributed by atoms with Gasteiger partial charge in [-0.05, 0) is 28.1 Å². The standard InChI is InChI=1S/C11H8Br2N4O4/c12-5-1-6(10(18)19)9(7(13)2-5)16-11(20)14-3-8-15-4-21-17-8/h1-2,4H,3H2,(H,18,19)(H2,14,16,20). The lowest BCUT2D eigenvalue weighted by atomic mass is 10.2. The van der Waals surface area contributed by atoms with Gasteiger partial charge in [0.15, 0.2) is 5.82 Å². The summed E-state index contributed by atoms with van der Waals surface area (Å²) < 4.78 is 5.53. The molecule has 3 N–H and O–H groups in total. The van der Waals surface area contributed by atoms with Crippen LogP contribution in [0.4, 0.5) is 10.5 Å². The van der Waals surface area contributed by atoms with Crippen molar-refractivity contribution in [2.75, 3.05) is 5.32 Å². The average Bonchev–Trinajstić information content (AvgIpc) is 2.92. The van der Waals surface area contributed by atoms with E-state index in [0.29, 0.717) is 14.8 Å². The SMILES string of the molecule is O=C(NCc1ncon1)Nc1c(Br)cc(Br)cc1C(=O)O. The molecule has 0 radical (unpaired) electrons. The summed E-state index contributed by atoms with van der Waals surface area (Å²) in [7, 11) is 0. The Morgan fingerprint density at radius 3 is 2.71 bits per heavy atom. The van der Waals surface area contributed by atoms with Gasteiger partial charge in [-0.2, -0.15) is 4.98 Å². The molecule has 2 amide bonds. The summed E-state index contributed by atoms with van der Waals surface area (Å²) in [6.07, 6.45) is 1.14. The smallest absolute Gasteiger partial charge is 0.337 e. The van der Waals surface area contributed by atoms with Crippen LogP contribution in [0.2, 0.25) is 0 Å². The van der Waals surface area contributed by atoms with E-state index in [0.717, 1.165) is 6.39 Å². The molecular weight excluding hydrogens is 412 g/mol. The molecule has 0 unspecified atom stereocenters. The minimum absolute atomic E-state index is 0.0500. The van der Waals surface area contributed by atoms with Crippen molar-refractivity contribution in [3.63, 3.8) is 0 Å². The highest BCUT2D eigenvalue weighted by Gasteiger charge is 2.17. The van der Waals surface area contributed by atoms with E-state index in [9.17, 15) is 9.59 Å². The number of hydrogen-bond donors (Lipinski definition) is 3. The number of aromatic nitrogens is 2. The first-order valence-corrected chi connectivity index (χ1v) is 7.08. The Balaban J connectivity index is 2.11. The van der Waals surface area contributed by atoms with Crippen LogP contribution in [0.5, 0.6) is 0 Å². The zero-order valence-corrected chi connectivity index (χ0v) is 13.4. The lowest BCUT2D eigenvalue weighted by molar-refractivity contribution is 0.0698. The number of hydrogen-bond acceptors (Lipinski definition) is 5. The van der Waals surface area contributed by atoms with E-state index in [-0.39, 0.29) is 17.8 Å². The van der Waals surface area contributed by atoms with Gasteiger partial charge in [0.05, 0.1) is 17.8 Å². The van der Waals surface area contributed by atoms with Crippen molar-refractivity contribution in [3.05, 3.63) is 38.9 Å². The minimum Gasteiger partial charge on any atom is -0.478 e. The van der Waals surface area contributed by atoms with Gasteiger partial charge in [-0.25, -0.2) is 9.59 Å². The molecule has 1 aromatic carbocycles. The minimum atomic E-state index is -1.16. The second-order valence-corrected chi connectivity index (χ2v) is 5.54. The van der Waals surface area contributed by atoms with E-state index in [1.165, 1.54) is 6.07 Å². The van der Waals surface area contributed by atoms with Gasteiger partial charge in [0.2, 0.25) is 6.39 Å². The fourth-order valence-electron chi connectivity index (χ4n) is 1.46. The van der Waals surface area contributed by atoms with Crippen molar-refractivity contribution in [1.82, 2.24) is 15.5 Å². The zero-order chi connectivity index (χ0) is 15.4. The van der Waals surface area contributed by atoms with E-state index in [1.807, 2.05) is 0 Å². The molecule has 0 aliphatic heterocycles. The fourth-order valence-corrected chi connectivity index (χ4v) is 2.78. The number of carbonyl (C=O) groups is 2. The Labute approximate surface area is 135 Å². The van der Waals surface area contributed by atoms with Crippen LogP contribution >= 0.6 is 31.9 Å². The summed E-state index contributed by atoms with van der Waals surface area (Å²) in [6.45, 7) is 0.0544. The molecular formula is C11H8Br2N4O4. The molecule has 8 nitrogen and oxygen atoms in total. The Hall–Kier alpha value is -1.94. The number of rotatable bonds is 4.